The maximum atomic E-state index is 4.56. The van der Waals surface area contributed by atoms with Gasteiger partial charge < -0.3 is 16.0 Å². The minimum atomic E-state index is 0.638. The second-order valence-electron chi connectivity index (χ2n) is 5.78. The van der Waals surface area contributed by atoms with Gasteiger partial charge in [-0.3, -0.25) is 0 Å². The number of aromatic nitrogens is 2. The normalized spacial score (nSPS) is 15.5. The number of hydrogen-bond acceptors (Lipinski definition) is 5. The Morgan fingerprint density at radius 2 is 1.91 bits per heavy atom. The van der Waals surface area contributed by atoms with Crippen LogP contribution in [0.15, 0.2) is 36.4 Å². The summed E-state index contributed by atoms with van der Waals surface area (Å²) < 4.78 is 0. The topological polar surface area (TPSA) is 61.9 Å². The Kier molecular flexibility index (Phi) is 4.85. The maximum Gasteiger partial charge on any atom is 0.229 e. The quantitative estimate of drug-likeness (QED) is 0.792. The molecule has 1 aliphatic heterocycles. The molecule has 0 bridgehead atoms. The minimum absolute atomic E-state index is 0.638. The van der Waals surface area contributed by atoms with Gasteiger partial charge in [0.1, 0.15) is 5.82 Å². The Bertz CT molecular complexity index is 593. The Balaban J connectivity index is 1.64. The van der Waals surface area contributed by atoms with E-state index in [9.17, 15) is 0 Å². The summed E-state index contributed by atoms with van der Waals surface area (Å²) in [5.74, 6) is 2.26. The fourth-order valence-electron chi connectivity index (χ4n) is 2.70. The van der Waals surface area contributed by atoms with E-state index >= 15 is 0 Å². The van der Waals surface area contributed by atoms with Crippen molar-refractivity contribution in [2.75, 3.05) is 30.3 Å². The lowest BCUT2D eigenvalue weighted by molar-refractivity contribution is 0.389. The van der Waals surface area contributed by atoms with Gasteiger partial charge in [-0.2, -0.15) is 4.98 Å². The number of aryl methyl sites for hydroxylation is 1. The molecule has 3 rings (SSSR count). The van der Waals surface area contributed by atoms with Crippen LogP contribution in [0.1, 0.15) is 18.5 Å². The van der Waals surface area contributed by atoms with E-state index in [0.717, 1.165) is 42.8 Å². The van der Waals surface area contributed by atoms with Gasteiger partial charge in [-0.15, -0.1) is 0 Å². The molecule has 0 aliphatic carbocycles. The van der Waals surface area contributed by atoms with Crippen LogP contribution in [0.4, 0.5) is 17.5 Å². The lowest BCUT2D eigenvalue weighted by Crippen LogP contribution is -2.31. The Hall–Kier alpha value is -2.14. The number of nitrogens with one attached hydrogen (secondary N) is 3. The number of nitrogens with zero attached hydrogens (tertiary/aromatic N) is 2. The summed E-state index contributed by atoms with van der Waals surface area (Å²) in [5, 5.41) is 10.1. The molecule has 3 N–H and O–H groups in total. The molecule has 1 aromatic heterocycles. The van der Waals surface area contributed by atoms with Crippen LogP contribution in [0.3, 0.4) is 0 Å². The van der Waals surface area contributed by atoms with Crippen LogP contribution in [0.5, 0.6) is 0 Å². The maximum absolute atomic E-state index is 4.56. The van der Waals surface area contributed by atoms with Crippen molar-refractivity contribution in [1.29, 1.82) is 0 Å². The van der Waals surface area contributed by atoms with Gasteiger partial charge in [0, 0.05) is 24.0 Å². The van der Waals surface area contributed by atoms with Gasteiger partial charge in [0.05, 0.1) is 0 Å². The van der Waals surface area contributed by atoms with E-state index < -0.39 is 0 Å². The average molecular weight is 297 g/mol. The first kappa shape index (κ1) is 14.8. The SMILES string of the molecule is Cc1cc(NCC2CCNCC2)nc(Nc2ccccc2)n1. The number of hydrogen-bond donors (Lipinski definition) is 3. The molecule has 0 amide bonds. The van der Waals surface area contributed by atoms with E-state index in [2.05, 4.69) is 25.9 Å². The second-order valence-corrected chi connectivity index (χ2v) is 5.78. The van der Waals surface area contributed by atoms with Gasteiger partial charge >= 0.3 is 0 Å². The Morgan fingerprint density at radius 3 is 2.68 bits per heavy atom. The lowest BCUT2D eigenvalue weighted by Gasteiger charge is -2.23. The van der Waals surface area contributed by atoms with Gasteiger partial charge in [0.25, 0.3) is 0 Å². The number of benzene rings is 1. The van der Waals surface area contributed by atoms with E-state index in [-0.39, 0.29) is 0 Å². The summed E-state index contributed by atoms with van der Waals surface area (Å²) in [6, 6.07) is 12.0. The van der Waals surface area contributed by atoms with Crippen molar-refractivity contribution in [2.45, 2.75) is 19.8 Å². The average Bonchev–Trinajstić information content (AvgIpc) is 2.54. The molecular formula is C17H23N5. The van der Waals surface area contributed by atoms with E-state index in [1.807, 2.05) is 43.3 Å². The van der Waals surface area contributed by atoms with Crippen LogP contribution in [0.25, 0.3) is 0 Å². The molecule has 0 unspecified atom stereocenters. The van der Waals surface area contributed by atoms with Crippen molar-refractivity contribution in [3.8, 4) is 0 Å². The molecule has 1 fully saturated rings. The van der Waals surface area contributed by atoms with E-state index in [0.29, 0.717) is 5.95 Å². The summed E-state index contributed by atoms with van der Waals surface area (Å²) in [4.78, 5) is 9.02. The number of rotatable bonds is 5. The summed E-state index contributed by atoms with van der Waals surface area (Å²) in [6.07, 6.45) is 2.46. The molecule has 0 atom stereocenters. The van der Waals surface area contributed by atoms with Gasteiger partial charge in [-0.1, -0.05) is 18.2 Å². The molecule has 2 aromatic rings. The molecule has 1 aliphatic rings. The van der Waals surface area contributed by atoms with Crippen molar-refractivity contribution in [3.63, 3.8) is 0 Å². The van der Waals surface area contributed by atoms with Gasteiger partial charge in [0.15, 0.2) is 0 Å². The van der Waals surface area contributed by atoms with E-state index in [1.54, 1.807) is 0 Å². The first-order chi connectivity index (χ1) is 10.8. The van der Waals surface area contributed by atoms with E-state index in [1.165, 1.54) is 12.8 Å². The van der Waals surface area contributed by atoms with Crippen LogP contribution in [0, 0.1) is 12.8 Å². The first-order valence-corrected chi connectivity index (χ1v) is 7.92. The third-order valence-corrected chi connectivity index (χ3v) is 3.91. The standard InChI is InChI=1S/C17H23N5/c1-13-11-16(19-12-14-7-9-18-10-8-14)22-17(20-13)21-15-5-3-2-4-6-15/h2-6,11,14,18H,7-10,12H2,1H3,(H2,19,20,21,22). The second kappa shape index (κ2) is 7.22. The number of para-hydroxylation sites is 1. The third kappa shape index (κ3) is 4.18. The fourth-order valence-corrected chi connectivity index (χ4v) is 2.70. The zero-order valence-electron chi connectivity index (χ0n) is 13.0. The highest BCUT2D eigenvalue weighted by Gasteiger charge is 2.13. The predicted molar refractivity (Wildman–Crippen MR) is 90.6 cm³/mol. The molecule has 5 nitrogen and oxygen atoms in total. The molecule has 0 spiro atoms. The molecule has 5 heteroatoms. The smallest absolute Gasteiger partial charge is 0.229 e. The van der Waals surface area contributed by atoms with Crippen LogP contribution >= 0.6 is 0 Å². The molecule has 116 valence electrons. The van der Waals surface area contributed by atoms with Crippen molar-refractivity contribution in [1.82, 2.24) is 15.3 Å². The van der Waals surface area contributed by atoms with Gasteiger partial charge in [-0.25, -0.2) is 4.98 Å². The van der Waals surface area contributed by atoms with Crippen molar-refractivity contribution >= 4 is 17.5 Å². The van der Waals surface area contributed by atoms with Gasteiger partial charge in [0.2, 0.25) is 5.95 Å². The fraction of sp³-hybridized carbons (Fsp3) is 0.412. The third-order valence-electron chi connectivity index (χ3n) is 3.91. The molecular weight excluding hydrogens is 274 g/mol. The van der Waals surface area contributed by atoms with Crippen LogP contribution < -0.4 is 16.0 Å². The summed E-state index contributed by atoms with van der Waals surface area (Å²) >= 11 is 0. The van der Waals surface area contributed by atoms with E-state index in [4.69, 9.17) is 0 Å². The monoisotopic (exact) mass is 297 g/mol. The summed E-state index contributed by atoms with van der Waals surface area (Å²) in [7, 11) is 0. The summed E-state index contributed by atoms with van der Waals surface area (Å²) in [6.45, 7) is 5.21. The minimum Gasteiger partial charge on any atom is -0.370 e. The van der Waals surface area contributed by atoms with Crippen LogP contribution in [-0.2, 0) is 0 Å². The highest BCUT2D eigenvalue weighted by molar-refractivity contribution is 5.54. The highest BCUT2D eigenvalue weighted by atomic mass is 15.1. The zero-order valence-corrected chi connectivity index (χ0v) is 13.0. The lowest BCUT2D eigenvalue weighted by atomic mass is 9.98. The van der Waals surface area contributed by atoms with Crippen molar-refractivity contribution in [2.24, 2.45) is 5.92 Å². The highest BCUT2D eigenvalue weighted by Crippen LogP contribution is 2.17. The Morgan fingerprint density at radius 1 is 1.14 bits per heavy atom. The zero-order chi connectivity index (χ0) is 15.2. The molecule has 1 aromatic carbocycles. The largest absolute Gasteiger partial charge is 0.370 e. The molecule has 1 saturated heterocycles. The number of piperidine rings is 1. The molecule has 0 saturated carbocycles. The van der Waals surface area contributed by atoms with Gasteiger partial charge in [-0.05, 0) is 50.9 Å². The molecule has 2 heterocycles. The molecule has 22 heavy (non-hydrogen) atoms. The van der Waals surface area contributed by atoms with Crippen molar-refractivity contribution < 1.29 is 0 Å². The van der Waals surface area contributed by atoms with Crippen LogP contribution in [0.2, 0.25) is 0 Å². The van der Waals surface area contributed by atoms with Crippen molar-refractivity contribution in [3.05, 3.63) is 42.1 Å². The summed E-state index contributed by atoms with van der Waals surface area (Å²) in [5.41, 5.74) is 1.96. The number of anilines is 3. The first-order valence-electron chi connectivity index (χ1n) is 7.92. The molecule has 0 radical (unpaired) electrons. The Labute approximate surface area is 131 Å². The van der Waals surface area contributed by atoms with Crippen LogP contribution in [-0.4, -0.2) is 29.6 Å². The predicted octanol–water partition coefficient (Wildman–Crippen LogP) is 2.94.